The van der Waals surface area contributed by atoms with Crippen LogP contribution < -0.4 is 10.0 Å². The molecule has 4 rings (SSSR count). The predicted octanol–water partition coefficient (Wildman–Crippen LogP) is 3.33. The Bertz CT molecular complexity index is 1010. The zero-order chi connectivity index (χ0) is 20.5. The van der Waals surface area contributed by atoms with Gasteiger partial charge in [-0.15, -0.1) is 0 Å². The summed E-state index contributed by atoms with van der Waals surface area (Å²) in [6.45, 7) is 1.10. The van der Waals surface area contributed by atoms with Crippen LogP contribution in [0.1, 0.15) is 41.6 Å². The third-order valence-electron chi connectivity index (χ3n) is 5.38. The smallest absolute Gasteiger partial charge is 0.252 e. The molecule has 6 nitrogen and oxygen atoms in total. The monoisotopic (exact) mass is 478 g/mol. The number of benzene rings is 2. The fourth-order valence-electron chi connectivity index (χ4n) is 3.57. The first kappa shape index (κ1) is 20.5. The maximum Gasteiger partial charge on any atom is 0.252 e. The molecule has 2 aliphatic rings. The molecule has 1 saturated carbocycles. The molecule has 154 valence electrons. The Labute approximate surface area is 179 Å². The number of hydrogen-bond donors (Lipinski definition) is 2. The summed E-state index contributed by atoms with van der Waals surface area (Å²) < 4.78 is 34.1. The fraction of sp³-hybridized carbons (Fsp3) is 0.381. The number of hydrogen-bond acceptors (Lipinski definition) is 4. The van der Waals surface area contributed by atoms with E-state index >= 15 is 0 Å². The Hall–Kier alpha value is -1.74. The summed E-state index contributed by atoms with van der Waals surface area (Å²) in [6, 6.07) is 14.1. The molecule has 1 saturated heterocycles. The number of amides is 1. The van der Waals surface area contributed by atoms with Crippen LogP contribution in [0.2, 0.25) is 0 Å². The zero-order valence-electron chi connectivity index (χ0n) is 15.9. The Morgan fingerprint density at radius 1 is 1.07 bits per heavy atom. The number of halogens is 1. The first-order chi connectivity index (χ1) is 13.9. The zero-order valence-corrected chi connectivity index (χ0v) is 18.3. The summed E-state index contributed by atoms with van der Waals surface area (Å²) in [5.74, 6) is -0.296. The van der Waals surface area contributed by atoms with Gasteiger partial charge < -0.3 is 10.1 Å². The number of sulfonamides is 1. The van der Waals surface area contributed by atoms with Crippen molar-refractivity contribution in [1.82, 2.24) is 10.0 Å². The molecule has 0 aromatic heterocycles. The molecule has 2 N–H and O–H groups in total. The predicted molar refractivity (Wildman–Crippen MR) is 113 cm³/mol. The minimum absolute atomic E-state index is 0.0134. The Kier molecular flexibility index (Phi) is 5.79. The third-order valence-corrected chi connectivity index (χ3v) is 7.39. The Morgan fingerprint density at radius 3 is 2.48 bits per heavy atom. The van der Waals surface area contributed by atoms with E-state index in [0.29, 0.717) is 31.6 Å². The Balaban J connectivity index is 1.60. The lowest BCUT2D eigenvalue weighted by atomic mass is 9.82. The van der Waals surface area contributed by atoms with E-state index in [2.05, 4.69) is 26.0 Å². The quantitative estimate of drug-likeness (QED) is 0.666. The van der Waals surface area contributed by atoms with Crippen molar-refractivity contribution in [3.63, 3.8) is 0 Å². The summed E-state index contributed by atoms with van der Waals surface area (Å²) in [6.07, 6.45) is 3.01. The maximum atomic E-state index is 13.1. The van der Waals surface area contributed by atoms with Crippen LogP contribution in [0.4, 0.5) is 0 Å². The van der Waals surface area contributed by atoms with Crippen molar-refractivity contribution in [3.8, 4) is 0 Å². The molecule has 2 fully saturated rings. The van der Waals surface area contributed by atoms with Crippen molar-refractivity contribution in [3.05, 3.63) is 64.1 Å². The van der Waals surface area contributed by atoms with Crippen molar-refractivity contribution in [2.45, 2.75) is 42.2 Å². The normalized spacial score (nSPS) is 18.9. The lowest BCUT2D eigenvalue weighted by Gasteiger charge is -2.38. The van der Waals surface area contributed by atoms with Gasteiger partial charge in [-0.2, -0.15) is 0 Å². The molecule has 1 aliphatic carbocycles. The number of carbonyl (C=O) groups excluding carboxylic acids is 1. The van der Waals surface area contributed by atoms with E-state index in [1.807, 2.05) is 24.3 Å². The Morgan fingerprint density at radius 2 is 1.79 bits per heavy atom. The summed E-state index contributed by atoms with van der Waals surface area (Å²) in [5, 5.41) is 3.17. The molecular formula is C21H23BrN2O4S. The van der Waals surface area contributed by atoms with Crippen LogP contribution in [0, 0.1) is 0 Å². The van der Waals surface area contributed by atoms with Crippen LogP contribution in [0.25, 0.3) is 0 Å². The van der Waals surface area contributed by atoms with Gasteiger partial charge in [0.15, 0.2) is 0 Å². The highest BCUT2D eigenvalue weighted by molar-refractivity contribution is 9.10. The van der Waals surface area contributed by atoms with Gasteiger partial charge in [0.2, 0.25) is 10.0 Å². The number of rotatable bonds is 6. The second-order valence-electron chi connectivity index (χ2n) is 7.58. The van der Waals surface area contributed by atoms with Crippen LogP contribution in [-0.2, 0) is 20.3 Å². The van der Waals surface area contributed by atoms with Crippen molar-refractivity contribution < 1.29 is 17.9 Å². The lowest BCUT2D eigenvalue weighted by Crippen LogP contribution is -2.49. The molecule has 0 radical (unpaired) electrons. The van der Waals surface area contributed by atoms with E-state index in [4.69, 9.17) is 4.74 Å². The van der Waals surface area contributed by atoms with E-state index in [9.17, 15) is 13.2 Å². The average Bonchev–Trinajstić information content (AvgIpc) is 3.52. The molecule has 1 aliphatic heterocycles. The van der Waals surface area contributed by atoms with Gasteiger partial charge in [-0.3, -0.25) is 4.79 Å². The van der Waals surface area contributed by atoms with E-state index in [0.717, 1.165) is 22.9 Å². The molecule has 2 aromatic rings. The van der Waals surface area contributed by atoms with E-state index in [1.165, 1.54) is 12.1 Å². The number of ether oxygens (including phenoxy) is 1. The van der Waals surface area contributed by atoms with Gasteiger partial charge in [-0.25, -0.2) is 13.1 Å². The van der Waals surface area contributed by atoms with Crippen LogP contribution >= 0.6 is 15.9 Å². The van der Waals surface area contributed by atoms with Gasteiger partial charge in [0.25, 0.3) is 5.91 Å². The SMILES string of the molecule is O=C(NC1(c2cccc(Br)c2)CCOCC1)c1cccc(S(=O)(=O)NC2CC2)c1. The highest BCUT2D eigenvalue weighted by Gasteiger charge is 2.36. The first-order valence-electron chi connectivity index (χ1n) is 9.67. The first-order valence-corrected chi connectivity index (χ1v) is 11.9. The van der Waals surface area contributed by atoms with Crippen LogP contribution in [0.3, 0.4) is 0 Å². The van der Waals surface area contributed by atoms with Gasteiger partial charge in [0.05, 0.1) is 10.4 Å². The standard InChI is InChI=1S/C21H23BrN2O4S/c22-17-5-2-4-16(14-17)21(9-11-28-12-10-21)23-20(25)15-3-1-6-19(13-15)29(26,27)24-18-7-8-18/h1-6,13-14,18,24H,7-12H2,(H,23,25). The molecule has 0 unspecified atom stereocenters. The minimum Gasteiger partial charge on any atom is -0.381 e. The molecule has 2 aromatic carbocycles. The van der Waals surface area contributed by atoms with Gasteiger partial charge in [-0.05, 0) is 61.6 Å². The van der Waals surface area contributed by atoms with Crippen LogP contribution in [0.15, 0.2) is 57.9 Å². The minimum atomic E-state index is -3.62. The average molecular weight is 479 g/mol. The van der Waals surface area contributed by atoms with Crippen LogP contribution in [-0.4, -0.2) is 33.6 Å². The van der Waals surface area contributed by atoms with Gasteiger partial charge >= 0.3 is 0 Å². The number of carbonyl (C=O) groups is 1. The van der Waals surface area contributed by atoms with Crippen molar-refractivity contribution in [1.29, 1.82) is 0 Å². The number of nitrogens with one attached hydrogen (secondary N) is 2. The summed E-state index contributed by atoms with van der Waals surface area (Å²) in [5.41, 5.74) is 0.771. The van der Waals surface area contributed by atoms with E-state index < -0.39 is 15.6 Å². The maximum absolute atomic E-state index is 13.1. The highest BCUT2D eigenvalue weighted by atomic mass is 79.9. The molecule has 0 bridgehead atoms. The van der Waals surface area contributed by atoms with Gasteiger partial charge in [0, 0.05) is 29.3 Å². The van der Waals surface area contributed by atoms with Crippen molar-refractivity contribution in [2.24, 2.45) is 0 Å². The largest absolute Gasteiger partial charge is 0.381 e. The molecule has 0 spiro atoms. The van der Waals surface area contributed by atoms with Crippen LogP contribution in [0.5, 0.6) is 0 Å². The summed E-state index contributed by atoms with van der Waals surface area (Å²) in [4.78, 5) is 13.2. The van der Waals surface area contributed by atoms with Crippen molar-refractivity contribution in [2.75, 3.05) is 13.2 Å². The molecule has 1 amide bonds. The molecule has 8 heteroatoms. The molecular weight excluding hydrogens is 456 g/mol. The van der Waals surface area contributed by atoms with Gasteiger partial charge in [-0.1, -0.05) is 34.1 Å². The molecule has 1 heterocycles. The molecule has 29 heavy (non-hydrogen) atoms. The van der Waals surface area contributed by atoms with E-state index in [1.54, 1.807) is 12.1 Å². The van der Waals surface area contributed by atoms with Crippen molar-refractivity contribution >= 4 is 31.9 Å². The second-order valence-corrected chi connectivity index (χ2v) is 10.2. The topological polar surface area (TPSA) is 84.5 Å². The summed E-state index contributed by atoms with van der Waals surface area (Å²) in [7, 11) is -3.62. The van der Waals surface area contributed by atoms with E-state index in [-0.39, 0.29) is 16.8 Å². The fourth-order valence-corrected chi connectivity index (χ4v) is 5.32. The highest BCUT2D eigenvalue weighted by Crippen LogP contribution is 2.34. The van der Waals surface area contributed by atoms with Gasteiger partial charge in [0.1, 0.15) is 0 Å². The third kappa shape index (κ3) is 4.71. The lowest BCUT2D eigenvalue weighted by molar-refractivity contribution is 0.0345. The summed E-state index contributed by atoms with van der Waals surface area (Å²) >= 11 is 3.50. The second kappa shape index (κ2) is 8.18. The molecule has 0 atom stereocenters.